The molecule has 4 N–H and O–H groups in total. The van der Waals surface area contributed by atoms with Gasteiger partial charge >= 0.3 is 6.03 Å². The van der Waals surface area contributed by atoms with E-state index in [4.69, 9.17) is 5.73 Å². The number of hydrogen-bond acceptors (Lipinski definition) is 4. The van der Waals surface area contributed by atoms with Crippen LogP contribution in [-0.4, -0.2) is 42.4 Å². The Kier molecular flexibility index (Phi) is 6.18. The average Bonchev–Trinajstić information content (AvgIpc) is 2.77. The third-order valence-corrected chi connectivity index (χ3v) is 3.29. The second kappa shape index (κ2) is 7.65. The Hall–Kier alpha value is -2.28. The van der Waals surface area contributed by atoms with Gasteiger partial charge in [-0.3, -0.25) is 14.5 Å². The van der Waals surface area contributed by atoms with Crippen molar-refractivity contribution in [3.05, 3.63) is 29.3 Å². The molecule has 1 aromatic rings. The summed E-state index contributed by atoms with van der Waals surface area (Å²) in [5, 5.41) is 5.20. The first-order valence-corrected chi connectivity index (χ1v) is 6.71. The molecule has 7 nitrogen and oxygen atoms in total. The Morgan fingerprint density at radius 2 is 2.14 bits per heavy atom. The number of carbonyl (C=O) groups is 3. The fourth-order valence-electron chi connectivity index (χ4n) is 2.10. The largest absolute Gasteiger partial charge is 0.399 e. The highest BCUT2D eigenvalue weighted by molar-refractivity contribution is 6.01. The van der Waals surface area contributed by atoms with Crippen molar-refractivity contribution in [1.29, 1.82) is 0 Å². The number of urea groups is 1. The fourth-order valence-corrected chi connectivity index (χ4v) is 2.10. The van der Waals surface area contributed by atoms with Crippen LogP contribution in [0.3, 0.4) is 0 Å². The lowest BCUT2D eigenvalue weighted by molar-refractivity contribution is -0.125. The normalized spacial score (nSPS) is 13.6. The number of halogens is 1. The van der Waals surface area contributed by atoms with Crippen molar-refractivity contribution in [2.45, 2.75) is 13.3 Å². The summed E-state index contributed by atoms with van der Waals surface area (Å²) in [6.45, 7) is 2.56. The van der Waals surface area contributed by atoms with E-state index >= 15 is 0 Å². The van der Waals surface area contributed by atoms with E-state index < -0.39 is 0 Å². The molecule has 1 aliphatic heterocycles. The zero-order valence-electron chi connectivity index (χ0n) is 12.2. The number of imide groups is 1. The summed E-state index contributed by atoms with van der Waals surface area (Å²) in [5.41, 5.74) is 7.57. The SMILES string of the molecule is Cc1ccc(N)cc1C(=O)NCCCN1C(=O)CNC1=O.Cl. The van der Waals surface area contributed by atoms with Gasteiger partial charge in [-0.25, -0.2) is 4.79 Å². The summed E-state index contributed by atoms with van der Waals surface area (Å²) in [4.78, 5) is 35.8. The summed E-state index contributed by atoms with van der Waals surface area (Å²) >= 11 is 0. The summed E-state index contributed by atoms with van der Waals surface area (Å²) < 4.78 is 0. The van der Waals surface area contributed by atoms with Crippen LogP contribution in [0.25, 0.3) is 0 Å². The Balaban J connectivity index is 0.00000242. The molecule has 0 unspecified atom stereocenters. The molecule has 0 atom stereocenters. The maximum absolute atomic E-state index is 12.0. The fraction of sp³-hybridized carbons (Fsp3) is 0.357. The number of benzene rings is 1. The Labute approximate surface area is 134 Å². The molecule has 8 heteroatoms. The molecule has 0 aromatic heterocycles. The average molecular weight is 327 g/mol. The Morgan fingerprint density at radius 3 is 2.77 bits per heavy atom. The predicted octanol–water partition coefficient (Wildman–Crippen LogP) is 0.671. The van der Waals surface area contributed by atoms with Gasteiger partial charge in [0.2, 0.25) is 5.91 Å². The monoisotopic (exact) mass is 326 g/mol. The number of carbonyl (C=O) groups excluding carboxylic acids is 3. The Bertz CT molecular complexity index is 575. The molecule has 22 heavy (non-hydrogen) atoms. The zero-order valence-corrected chi connectivity index (χ0v) is 13.0. The number of hydrogen-bond donors (Lipinski definition) is 3. The van der Waals surface area contributed by atoms with Crippen LogP contribution in [0.2, 0.25) is 0 Å². The van der Waals surface area contributed by atoms with Gasteiger partial charge in [0.15, 0.2) is 0 Å². The first-order chi connectivity index (χ1) is 9.99. The van der Waals surface area contributed by atoms with E-state index in [1.807, 2.05) is 6.92 Å². The number of nitrogens with two attached hydrogens (primary N) is 1. The molecule has 1 aromatic carbocycles. The number of nitrogens with one attached hydrogen (secondary N) is 2. The van der Waals surface area contributed by atoms with Gasteiger partial charge in [0, 0.05) is 24.3 Å². The van der Waals surface area contributed by atoms with Crippen molar-refractivity contribution in [3.63, 3.8) is 0 Å². The molecule has 1 heterocycles. The molecule has 0 radical (unpaired) electrons. The van der Waals surface area contributed by atoms with E-state index in [-0.39, 0.29) is 36.8 Å². The summed E-state index contributed by atoms with van der Waals surface area (Å²) in [5.74, 6) is -0.449. The zero-order chi connectivity index (χ0) is 15.4. The third-order valence-electron chi connectivity index (χ3n) is 3.29. The highest BCUT2D eigenvalue weighted by Gasteiger charge is 2.27. The molecule has 1 saturated heterocycles. The van der Waals surface area contributed by atoms with Crippen molar-refractivity contribution >= 4 is 35.9 Å². The topological polar surface area (TPSA) is 105 Å². The van der Waals surface area contributed by atoms with Gasteiger partial charge in [-0.15, -0.1) is 12.4 Å². The van der Waals surface area contributed by atoms with E-state index in [0.717, 1.165) is 10.5 Å². The lowest BCUT2D eigenvalue weighted by Gasteiger charge is -2.13. The van der Waals surface area contributed by atoms with Gasteiger partial charge in [-0.2, -0.15) is 0 Å². The first-order valence-electron chi connectivity index (χ1n) is 6.71. The molecule has 0 bridgehead atoms. The van der Waals surface area contributed by atoms with E-state index in [1.54, 1.807) is 18.2 Å². The molecule has 0 saturated carbocycles. The molecule has 1 fully saturated rings. The molecular weight excluding hydrogens is 308 g/mol. The van der Waals surface area contributed by atoms with E-state index in [0.29, 0.717) is 30.8 Å². The minimum absolute atomic E-state index is 0. The Morgan fingerprint density at radius 1 is 1.41 bits per heavy atom. The number of anilines is 1. The third kappa shape index (κ3) is 4.11. The summed E-state index contributed by atoms with van der Waals surface area (Å²) in [6.07, 6.45) is 0.506. The summed E-state index contributed by atoms with van der Waals surface area (Å²) in [7, 11) is 0. The standard InChI is InChI=1S/C14H18N4O3.ClH/c1-9-3-4-10(15)7-11(9)13(20)16-5-2-6-18-12(19)8-17-14(18)21;/h3-4,7H,2,5-6,8,15H2,1H3,(H,16,20)(H,17,21);1H. The maximum Gasteiger partial charge on any atom is 0.324 e. The lowest BCUT2D eigenvalue weighted by Crippen LogP contribution is -2.34. The van der Waals surface area contributed by atoms with E-state index in [2.05, 4.69) is 10.6 Å². The minimum Gasteiger partial charge on any atom is -0.399 e. The smallest absolute Gasteiger partial charge is 0.324 e. The first kappa shape index (κ1) is 17.8. The van der Waals surface area contributed by atoms with Crippen LogP contribution in [0.15, 0.2) is 18.2 Å². The van der Waals surface area contributed by atoms with Gasteiger partial charge in [0.05, 0.1) is 6.54 Å². The number of amides is 4. The number of rotatable bonds is 5. The van der Waals surface area contributed by atoms with Crippen molar-refractivity contribution in [2.75, 3.05) is 25.4 Å². The highest BCUT2D eigenvalue weighted by atomic mass is 35.5. The number of nitrogens with zero attached hydrogens (tertiary/aromatic N) is 1. The number of aryl methyl sites for hydroxylation is 1. The second-order valence-electron chi connectivity index (χ2n) is 4.89. The molecule has 2 rings (SSSR count). The molecule has 0 aliphatic carbocycles. The molecule has 4 amide bonds. The van der Waals surface area contributed by atoms with Gasteiger partial charge in [-0.1, -0.05) is 6.07 Å². The van der Waals surface area contributed by atoms with E-state index in [9.17, 15) is 14.4 Å². The molecule has 120 valence electrons. The van der Waals surface area contributed by atoms with Crippen LogP contribution in [-0.2, 0) is 4.79 Å². The van der Waals surface area contributed by atoms with Gasteiger partial charge in [-0.05, 0) is 31.0 Å². The van der Waals surface area contributed by atoms with Crippen LogP contribution in [0.4, 0.5) is 10.5 Å². The quantitative estimate of drug-likeness (QED) is 0.420. The minimum atomic E-state index is -0.377. The van der Waals surface area contributed by atoms with Crippen LogP contribution >= 0.6 is 12.4 Å². The maximum atomic E-state index is 12.0. The van der Waals surface area contributed by atoms with Gasteiger partial charge < -0.3 is 16.4 Å². The number of nitrogen functional groups attached to an aromatic ring is 1. The van der Waals surface area contributed by atoms with Crippen LogP contribution in [0.5, 0.6) is 0 Å². The predicted molar refractivity (Wildman–Crippen MR) is 84.9 cm³/mol. The molecular formula is C14H19ClN4O3. The second-order valence-corrected chi connectivity index (χ2v) is 4.89. The van der Waals surface area contributed by atoms with Crippen molar-refractivity contribution in [1.82, 2.24) is 15.5 Å². The van der Waals surface area contributed by atoms with Gasteiger partial charge in [0.1, 0.15) is 0 Å². The molecule has 0 spiro atoms. The van der Waals surface area contributed by atoms with Crippen molar-refractivity contribution in [3.8, 4) is 0 Å². The summed E-state index contributed by atoms with van der Waals surface area (Å²) in [6, 6.07) is 4.78. The van der Waals surface area contributed by atoms with Gasteiger partial charge in [0.25, 0.3) is 5.91 Å². The lowest BCUT2D eigenvalue weighted by atomic mass is 10.1. The van der Waals surface area contributed by atoms with Crippen molar-refractivity contribution in [2.24, 2.45) is 0 Å². The highest BCUT2D eigenvalue weighted by Crippen LogP contribution is 2.12. The van der Waals surface area contributed by atoms with Crippen molar-refractivity contribution < 1.29 is 14.4 Å². The van der Waals surface area contributed by atoms with Crippen LogP contribution < -0.4 is 16.4 Å². The molecule has 1 aliphatic rings. The van der Waals surface area contributed by atoms with Crippen LogP contribution in [0.1, 0.15) is 22.3 Å². The van der Waals surface area contributed by atoms with E-state index in [1.165, 1.54) is 0 Å². The van der Waals surface area contributed by atoms with Crippen LogP contribution in [0, 0.1) is 6.92 Å².